The van der Waals surface area contributed by atoms with E-state index in [1.165, 1.54) is 6.07 Å². The smallest absolute Gasteiger partial charge is 0.257 e. The van der Waals surface area contributed by atoms with Crippen molar-refractivity contribution >= 4 is 22.6 Å². The first-order valence-electron chi connectivity index (χ1n) is 4.43. The predicted octanol–water partition coefficient (Wildman–Crippen LogP) is 1.20. The fourth-order valence-corrected chi connectivity index (χ4v) is 1.46. The largest absolute Gasteiger partial charge is 0.508 e. The molecule has 1 aromatic heterocycles. The number of amides is 1. The number of anilines is 1. The second kappa shape index (κ2) is 4.23. The summed E-state index contributed by atoms with van der Waals surface area (Å²) in [6.45, 7) is 1.76. The summed E-state index contributed by atoms with van der Waals surface area (Å²) in [4.78, 5) is 11.7. The number of hydrogen-bond acceptors (Lipinski definition) is 6. The Bertz CT molecular complexity index is 512. The lowest BCUT2D eigenvalue weighted by molar-refractivity contribution is 0.102. The summed E-state index contributed by atoms with van der Waals surface area (Å²) in [6, 6.07) is 4.70. The van der Waals surface area contributed by atoms with Gasteiger partial charge in [-0.25, -0.2) is 0 Å². The van der Waals surface area contributed by atoms with Gasteiger partial charge in [-0.15, -0.1) is 0 Å². The summed E-state index contributed by atoms with van der Waals surface area (Å²) >= 11 is 0.987. The van der Waals surface area contributed by atoms with E-state index in [4.69, 9.17) is 0 Å². The first-order valence-corrected chi connectivity index (χ1v) is 5.20. The normalized spacial score (nSPS) is 10.1. The number of rotatable bonds is 2. The van der Waals surface area contributed by atoms with Crippen LogP contribution in [0, 0.1) is 6.92 Å². The minimum absolute atomic E-state index is 0.0861. The average Bonchev–Trinajstić information content (AvgIpc) is 2.74. The van der Waals surface area contributed by atoms with Crippen LogP contribution in [-0.4, -0.2) is 25.8 Å². The molecule has 0 fully saturated rings. The molecule has 0 unspecified atom stereocenters. The van der Waals surface area contributed by atoms with Gasteiger partial charge in [0.1, 0.15) is 5.75 Å². The van der Waals surface area contributed by atoms with E-state index in [0.29, 0.717) is 16.3 Å². The molecule has 0 aliphatic carbocycles. The van der Waals surface area contributed by atoms with E-state index in [1.54, 1.807) is 19.1 Å². The van der Waals surface area contributed by atoms with Gasteiger partial charge in [0, 0.05) is 17.1 Å². The van der Waals surface area contributed by atoms with Crippen LogP contribution in [0.25, 0.3) is 0 Å². The van der Waals surface area contributed by atoms with Crippen molar-refractivity contribution in [3.05, 3.63) is 29.3 Å². The van der Waals surface area contributed by atoms with E-state index in [-0.39, 0.29) is 11.7 Å². The zero-order chi connectivity index (χ0) is 11.5. The number of nitrogens with zero attached hydrogens (tertiary/aromatic N) is 3. The lowest BCUT2D eigenvalue weighted by atomic mass is 10.1. The minimum atomic E-state index is -0.353. The van der Waals surface area contributed by atoms with Gasteiger partial charge in [-0.2, -0.15) is 0 Å². The van der Waals surface area contributed by atoms with Gasteiger partial charge in [0.25, 0.3) is 5.91 Å². The highest BCUT2D eigenvalue weighted by Crippen LogP contribution is 2.18. The first-order chi connectivity index (χ1) is 7.66. The molecule has 0 saturated carbocycles. The molecule has 1 aromatic carbocycles. The molecule has 0 saturated heterocycles. The van der Waals surface area contributed by atoms with Crippen molar-refractivity contribution in [3.63, 3.8) is 0 Å². The molecule has 1 heterocycles. The minimum Gasteiger partial charge on any atom is -0.508 e. The van der Waals surface area contributed by atoms with Gasteiger partial charge in [0.2, 0.25) is 5.13 Å². The van der Waals surface area contributed by atoms with Crippen molar-refractivity contribution in [1.82, 2.24) is 14.8 Å². The van der Waals surface area contributed by atoms with Crippen LogP contribution in [0.15, 0.2) is 18.2 Å². The molecule has 2 rings (SSSR count). The fourth-order valence-electron chi connectivity index (χ4n) is 1.10. The summed E-state index contributed by atoms with van der Waals surface area (Å²) in [5.74, 6) is -0.267. The molecule has 7 heteroatoms. The summed E-state index contributed by atoms with van der Waals surface area (Å²) in [7, 11) is 0. The Balaban J connectivity index is 2.18. The summed E-state index contributed by atoms with van der Waals surface area (Å²) < 4.78 is 3.52. The van der Waals surface area contributed by atoms with E-state index in [1.807, 2.05) is 0 Å². The maximum Gasteiger partial charge on any atom is 0.257 e. The lowest BCUT2D eigenvalue weighted by Crippen LogP contribution is -2.11. The topological polar surface area (TPSA) is 88.0 Å². The molecule has 6 nitrogen and oxygen atoms in total. The Hall–Kier alpha value is -2.02. The molecule has 0 atom stereocenters. The molecule has 16 heavy (non-hydrogen) atoms. The van der Waals surface area contributed by atoms with Gasteiger partial charge >= 0.3 is 0 Å². The van der Waals surface area contributed by atoms with E-state index < -0.39 is 0 Å². The maximum absolute atomic E-state index is 11.7. The molecule has 0 bridgehead atoms. The number of carbonyl (C=O) groups excluding carboxylic acids is 1. The first kappa shape index (κ1) is 10.5. The van der Waals surface area contributed by atoms with Crippen molar-refractivity contribution in [2.75, 3.05) is 5.32 Å². The van der Waals surface area contributed by atoms with Crippen LogP contribution in [0.5, 0.6) is 5.75 Å². The molecule has 0 radical (unpaired) electrons. The summed E-state index contributed by atoms with van der Waals surface area (Å²) in [6.07, 6.45) is 0. The van der Waals surface area contributed by atoms with Crippen LogP contribution >= 0.6 is 11.5 Å². The van der Waals surface area contributed by atoms with Gasteiger partial charge in [0.05, 0.1) is 0 Å². The molecular weight excluding hydrogens is 228 g/mol. The molecular formula is C9H8N4O2S. The molecule has 0 spiro atoms. The number of benzene rings is 1. The van der Waals surface area contributed by atoms with Crippen LogP contribution in [0.3, 0.4) is 0 Å². The van der Waals surface area contributed by atoms with Crippen LogP contribution in [0.2, 0.25) is 0 Å². The van der Waals surface area contributed by atoms with Gasteiger partial charge < -0.3 is 5.11 Å². The SMILES string of the molecule is Cc1ccc(C(=O)Nc2nnns2)cc1O. The highest BCUT2D eigenvalue weighted by atomic mass is 32.1. The Labute approximate surface area is 95.1 Å². The van der Waals surface area contributed by atoms with Gasteiger partial charge in [-0.1, -0.05) is 15.7 Å². The molecule has 0 aliphatic rings. The van der Waals surface area contributed by atoms with E-state index in [9.17, 15) is 9.90 Å². The molecule has 2 N–H and O–H groups in total. The van der Waals surface area contributed by atoms with E-state index in [0.717, 1.165) is 11.5 Å². The van der Waals surface area contributed by atoms with Crippen LogP contribution in [-0.2, 0) is 0 Å². The van der Waals surface area contributed by atoms with Crippen molar-refractivity contribution < 1.29 is 9.90 Å². The highest BCUT2D eigenvalue weighted by molar-refractivity contribution is 7.09. The molecule has 1 amide bonds. The Morgan fingerprint density at radius 2 is 2.31 bits per heavy atom. The number of aromatic hydroxyl groups is 1. The fraction of sp³-hybridized carbons (Fsp3) is 0.111. The van der Waals surface area contributed by atoms with E-state index >= 15 is 0 Å². The number of nitrogens with one attached hydrogen (secondary N) is 1. The number of aryl methyl sites for hydroxylation is 1. The average molecular weight is 236 g/mol. The second-order valence-corrected chi connectivity index (χ2v) is 3.86. The number of phenols is 1. The Morgan fingerprint density at radius 3 is 2.94 bits per heavy atom. The van der Waals surface area contributed by atoms with Crippen LogP contribution in [0.1, 0.15) is 15.9 Å². The van der Waals surface area contributed by atoms with Gasteiger partial charge in [-0.3, -0.25) is 10.1 Å². The Morgan fingerprint density at radius 1 is 1.50 bits per heavy atom. The molecule has 82 valence electrons. The lowest BCUT2D eigenvalue weighted by Gasteiger charge is -2.03. The predicted molar refractivity (Wildman–Crippen MR) is 58.5 cm³/mol. The number of phenolic OH excluding ortho intramolecular Hbond substituents is 1. The van der Waals surface area contributed by atoms with Crippen molar-refractivity contribution in [2.24, 2.45) is 0 Å². The molecule has 2 aromatic rings. The van der Waals surface area contributed by atoms with Crippen molar-refractivity contribution in [1.29, 1.82) is 0 Å². The third kappa shape index (κ3) is 2.14. The number of hydrogen-bond donors (Lipinski definition) is 2. The second-order valence-electron chi connectivity index (χ2n) is 3.12. The van der Waals surface area contributed by atoms with Crippen LogP contribution < -0.4 is 5.32 Å². The quantitative estimate of drug-likeness (QED) is 0.818. The van der Waals surface area contributed by atoms with Crippen LogP contribution in [0.4, 0.5) is 5.13 Å². The third-order valence-electron chi connectivity index (χ3n) is 1.99. The maximum atomic E-state index is 11.7. The van der Waals surface area contributed by atoms with Gasteiger partial charge in [-0.05, 0) is 29.8 Å². The monoisotopic (exact) mass is 236 g/mol. The molecule has 0 aliphatic heterocycles. The van der Waals surface area contributed by atoms with E-state index in [2.05, 4.69) is 20.1 Å². The number of carbonyl (C=O) groups is 1. The third-order valence-corrected chi connectivity index (χ3v) is 2.50. The zero-order valence-corrected chi connectivity index (χ0v) is 9.15. The summed E-state index contributed by atoms with van der Waals surface area (Å²) in [5, 5.41) is 19.2. The standard InChI is InChI=1S/C9H8N4O2S/c1-5-2-3-6(4-7(5)14)8(15)10-9-11-12-13-16-9/h2-4,14H,1H3,(H,10,11,13,15). The highest BCUT2D eigenvalue weighted by Gasteiger charge is 2.09. The van der Waals surface area contributed by atoms with Crippen molar-refractivity contribution in [2.45, 2.75) is 6.92 Å². The number of aromatic nitrogens is 3. The van der Waals surface area contributed by atoms with Crippen molar-refractivity contribution in [3.8, 4) is 5.75 Å². The summed E-state index contributed by atoms with van der Waals surface area (Å²) in [5.41, 5.74) is 1.08. The Kier molecular flexibility index (Phi) is 2.78. The van der Waals surface area contributed by atoms with Gasteiger partial charge in [0.15, 0.2) is 0 Å². The zero-order valence-electron chi connectivity index (χ0n) is 8.34.